The molecule has 1 aromatic rings. The summed E-state index contributed by atoms with van der Waals surface area (Å²) >= 11 is 0. The van der Waals surface area contributed by atoms with Gasteiger partial charge >= 0.3 is 0 Å². The fraction of sp³-hybridized carbons (Fsp3) is 0.571. The normalized spacial score (nSPS) is 28.5. The minimum Gasteiger partial charge on any atom is -0.374 e. The molecule has 1 unspecified atom stereocenters. The molecule has 3 rings (SSSR count). The van der Waals surface area contributed by atoms with Gasteiger partial charge in [-0.2, -0.15) is 0 Å². The van der Waals surface area contributed by atoms with Gasteiger partial charge < -0.3 is 10.2 Å². The molecule has 1 spiro atoms. The molecule has 1 atom stereocenters. The van der Waals surface area contributed by atoms with Gasteiger partial charge in [0.25, 0.3) is 0 Å². The van der Waals surface area contributed by atoms with E-state index in [9.17, 15) is 0 Å². The van der Waals surface area contributed by atoms with Crippen LogP contribution in [0.3, 0.4) is 0 Å². The van der Waals surface area contributed by atoms with Crippen LogP contribution >= 0.6 is 0 Å². The van der Waals surface area contributed by atoms with E-state index >= 15 is 0 Å². The SMILES string of the molecule is Cc1ccc2c(c1)N(C)CCC21CCNC1. The lowest BCUT2D eigenvalue weighted by Crippen LogP contribution is -2.40. The van der Waals surface area contributed by atoms with Crippen LogP contribution in [0.2, 0.25) is 0 Å². The Morgan fingerprint density at radius 1 is 1.31 bits per heavy atom. The van der Waals surface area contributed by atoms with E-state index in [2.05, 4.69) is 42.4 Å². The van der Waals surface area contributed by atoms with Crippen molar-refractivity contribution in [3.63, 3.8) is 0 Å². The van der Waals surface area contributed by atoms with E-state index < -0.39 is 0 Å². The molecule has 86 valence electrons. The number of benzene rings is 1. The molecule has 2 heterocycles. The minimum atomic E-state index is 0.426. The second kappa shape index (κ2) is 3.49. The smallest absolute Gasteiger partial charge is 0.0405 e. The molecule has 1 saturated heterocycles. The predicted molar refractivity (Wildman–Crippen MR) is 68.2 cm³/mol. The van der Waals surface area contributed by atoms with Crippen LogP contribution in [0.5, 0.6) is 0 Å². The molecule has 1 fully saturated rings. The monoisotopic (exact) mass is 216 g/mol. The molecular weight excluding hydrogens is 196 g/mol. The number of aryl methyl sites for hydroxylation is 1. The third-order valence-corrected chi connectivity index (χ3v) is 4.31. The maximum Gasteiger partial charge on any atom is 0.0405 e. The van der Waals surface area contributed by atoms with E-state index in [1.54, 1.807) is 5.56 Å². The molecule has 0 radical (unpaired) electrons. The first kappa shape index (κ1) is 10.2. The highest BCUT2D eigenvalue weighted by molar-refractivity contribution is 5.60. The summed E-state index contributed by atoms with van der Waals surface area (Å²) in [6, 6.07) is 6.96. The van der Waals surface area contributed by atoms with Crippen molar-refractivity contribution in [1.82, 2.24) is 5.32 Å². The van der Waals surface area contributed by atoms with E-state index in [1.165, 1.54) is 37.2 Å². The predicted octanol–water partition coefficient (Wildman–Crippen LogP) is 2.07. The molecule has 0 bridgehead atoms. The fourth-order valence-corrected chi connectivity index (χ4v) is 3.23. The summed E-state index contributed by atoms with van der Waals surface area (Å²) in [4.78, 5) is 2.41. The molecule has 0 saturated carbocycles. The van der Waals surface area contributed by atoms with Crippen LogP contribution in [0, 0.1) is 6.92 Å². The molecule has 2 nitrogen and oxygen atoms in total. The van der Waals surface area contributed by atoms with Crippen LogP contribution in [0.15, 0.2) is 18.2 Å². The van der Waals surface area contributed by atoms with Gasteiger partial charge in [-0.1, -0.05) is 12.1 Å². The Balaban J connectivity index is 2.13. The first-order valence-electron chi connectivity index (χ1n) is 6.24. The second-order valence-electron chi connectivity index (χ2n) is 5.40. The Kier molecular flexibility index (Phi) is 2.21. The van der Waals surface area contributed by atoms with Gasteiger partial charge in [-0.25, -0.2) is 0 Å². The molecular formula is C14H20N2. The topological polar surface area (TPSA) is 15.3 Å². The number of rotatable bonds is 0. The van der Waals surface area contributed by atoms with Crippen LogP contribution < -0.4 is 10.2 Å². The first-order valence-corrected chi connectivity index (χ1v) is 6.24. The zero-order valence-corrected chi connectivity index (χ0v) is 10.2. The highest BCUT2D eigenvalue weighted by Gasteiger charge is 2.40. The van der Waals surface area contributed by atoms with Crippen LogP contribution in [0.25, 0.3) is 0 Å². The zero-order chi connectivity index (χ0) is 11.2. The first-order chi connectivity index (χ1) is 7.71. The van der Waals surface area contributed by atoms with Crippen LogP contribution in [-0.2, 0) is 5.41 Å². The van der Waals surface area contributed by atoms with E-state index in [0.717, 1.165) is 6.54 Å². The lowest BCUT2D eigenvalue weighted by atomic mass is 9.73. The second-order valence-corrected chi connectivity index (χ2v) is 5.40. The molecule has 16 heavy (non-hydrogen) atoms. The number of anilines is 1. The summed E-state index contributed by atoms with van der Waals surface area (Å²) in [6.45, 7) is 5.72. The van der Waals surface area contributed by atoms with Crippen molar-refractivity contribution in [2.24, 2.45) is 0 Å². The highest BCUT2D eigenvalue weighted by Crippen LogP contribution is 2.43. The average Bonchev–Trinajstić information content (AvgIpc) is 2.74. The number of nitrogens with zero attached hydrogens (tertiary/aromatic N) is 1. The number of hydrogen-bond donors (Lipinski definition) is 1. The maximum absolute atomic E-state index is 3.53. The molecule has 1 aromatic carbocycles. The zero-order valence-electron chi connectivity index (χ0n) is 10.2. The van der Waals surface area contributed by atoms with Crippen LogP contribution in [-0.4, -0.2) is 26.7 Å². The van der Waals surface area contributed by atoms with E-state index in [1.807, 2.05) is 0 Å². The molecule has 0 aromatic heterocycles. The van der Waals surface area contributed by atoms with E-state index in [-0.39, 0.29) is 0 Å². The minimum absolute atomic E-state index is 0.426. The van der Waals surface area contributed by atoms with E-state index in [0.29, 0.717) is 5.41 Å². The fourth-order valence-electron chi connectivity index (χ4n) is 3.23. The Morgan fingerprint density at radius 2 is 2.19 bits per heavy atom. The van der Waals surface area contributed by atoms with Gasteiger partial charge in [-0.05, 0) is 43.5 Å². The van der Waals surface area contributed by atoms with Crippen molar-refractivity contribution in [3.8, 4) is 0 Å². The lowest BCUT2D eigenvalue weighted by molar-refractivity contribution is 0.418. The Morgan fingerprint density at radius 3 is 2.94 bits per heavy atom. The van der Waals surface area contributed by atoms with Gasteiger partial charge in [0.2, 0.25) is 0 Å². The summed E-state index contributed by atoms with van der Waals surface area (Å²) in [5.74, 6) is 0. The maximum atomic E-state index is 3.53. The number of hydrogen-bond acceptors (Lipinski definition) is 2. The van der Waals surface area contributed by atoms with E-state index in [4.69, 9.17) is 0 Å². The number of fused-ring (bicyclic) bond motifs is 2. The largest absolute Gasteiger partial charge is 0.374 e. The molecule has 2 heteroatoms. The van der Waals surface area contributed by atoms with Crippen LogP contribution in [0.4, 0.5) is 5.69 Å². The van der Waals surface area contributed by atoms with Crippen molar-refractivity contribution in [3.05, 3.63) is 29.3 Å². The number of nitrogens with one attached hydrogen (secondary N) is 1. The Hall–Kier alpha value is -1.02. The molecule has 0 aliphatic carbocycles. The van der Waals surface area contributed by atoms with Gasteiger partial charge in [0.1, 0.15) is 0 Å². The van der Waals surface area contributed by atoms with Gasteiger partial charge in [-0.15, -0.1) is 0 Å². The average molecular weight is 216 g/mol. The lowest BCUT2D eigenvalue weighted by Gasteiger charge is -2.40. The third kappa shape index (κ3) is 1.36. The van der Waals surface area contributed by atoms with Crippen molar-refractivity contribution in [2.75, 3.05) is 31.6 Å². The van der Waals surface area contributed by atoms with Crippen molar-refractivity contribution >= 4 is 5.69 Å². The van der Waals surface area contributed by atoms with Crippen LogP contribution in [0.1, 0.15) is 24.0 Å². The molecule has 0 amide bonds. The quantitative estimate of drug-likeness (QED) is 0.714. The van der Waals surface area contributed by atoms with Gasteiger partial charge in [-0.3, -0.25) is 0 Å². The molecule has 2 aliphatic rings. The third-order valence-electron chi connectivity index (χ3n) is 4.31. The molecule has 1 N–H and O–H groups in total. The molecule has 2 aliphatic heterocycles. The summed E-state index contributed by atoms with van der Waals surface area (Å²) in [6.07, 6.45) is 2.60. The summed E-state index contributed by atoms with van der Waals surface area (Å²) in [5, 5.41) is 3.53. The van der Waals surface area contributed by atoms with Crippen molar-refractivity contribution < 1.29 is 0 Å². The van der Waals surface area contributed by atoms with Crippen molar-refractivity contribution in [1.29, 1.82) is 0 Å². The Labute approximate surface area is 97.6 Å². The highest BCUT2D eigenvalue weighted by atomic mass is 15.1. The summed E-state index contributed by atoms with van der Waals surface area (Å²) < 4.78 is 0. The van der Waals surface area contributed by atoms with Gasteiger partial charge in [0.05, 0.1) is 0 Å². The standard InChI is InChI=1S/C14H20N2/c1-11-3-4-12-13(9-11)16(2)8-6-14(12)5-7-15-10-14/h3-4,9,15H,5-8,10H2,1-2H3. The van der Waals surface area contributed by atoms with Gasteiger partial charge in [0, 0.05) is 31.2 Å². The van der Waals surface area contributed by atoms with Crippen molar-refractivity contribution in [2.45, 2.75) is 25.2 Å². The Bertz CT molecular complexity index is 405. The van der Waals surface area contributed by atoms with Gasteiger partial charge in [0.15, 0.2) is 0 Å². The summed E-state index contributed by atoms with van der Waals surface area (Å²) in [5.41, 5.74) is 4.82. The summed E-state index contributed by atoms with van der Waals surface area (Å²) in [7, 11) is 2.22.